The molecule has 1 fully saturated rings. The van der Waals surface area contributed by atoms with Gasteiger partial charge < -0.3 is 25.0 Å². The van der Waals surface area contributed by atoms with E-state index in [1.807, 2.05) is 0 Å². The van der Waals surface area contributed by atoms with Gasteiger partial charge in [-0.1, -0.05) is 6.07 Å². The highest BCUT2D eigenvalue weighted by Crippen LogP contribution is 2.32. The topological polar surface area (TPSA) is 117 Å². The number of thioether (sulfide) groups is 1. The summed E-state index contributed by atoms with van der Waals surface area (Å²) in [5.74, 6) is -0.306. The molecule has 0 unspecified atom stereocenters. The molecular weight excluding hydrogens is 396 g/mol. The highest BCUT2D eigenvalue weighted by Gasteiger charge is 2.24. The lowest BCUT2D eigenvalue weighted by Crippen LogP contribution is -2.19. The van der Waals surface area contributed by atoms with Gasteiger partial charge in [-0.2, -0.15) is 0 Å². The molecule has 2 aromatic rings. The number of carboxylic acids is 1. The van der Waals surface area contributed by atoms with Crippen molar-refractivity contribution >= 4 is 40.6 Å². The largest absolute Gasteiger partial charge is 0.493 e. The number of nitrogens with zero attached hydrogens (tertiary/aromatic N) is 1. The first-order valence-electron chi connectivity index (χ1n) is 8.55. The monoisotopic (exact) mass is 414 g/mol. The number of methoxy groups -OCH3 is 1. The van der Waals surface area contributed by atoms with Crippen molar-refractivity contribution in [1.82, 2.24) is 5.32 Å². The van der Waals surface area contributed by atoms with Crippen molar-refractivity contribution in [3.8, 4) is 11.5 Å². The molecule has 1 amide bonds. The Morgan fingerprint density at radius 3 is 2.62 bits per heavy atom. The van der Waals surface area contributed by atoms with Gasteiger partial charge in [-0.05, 0) is 59.8 Å². The number of hydrogen-bond donors (Lipinski definition) is 3. The van der Waals surface area contributed by atoms with Gasteiger partial charge in [0.2, 0.25) is 0 Å². The number of aliphatic hydroxyl groups excluding tert-OH is 1. The van der Waals surface area contributed by atoms with Crippen LogP contribution in [0.2, 0.25) is 0 Å². The summed E-state index contributed by atoms with van der Waals surface area (Å²) < 4.78 is 10.7. The van der Waals surface area contributed by atoms with Crippen molar-refractivity contribution in [3.63, 3.8) is 0 Å². The van der Waals surface area contributed by atoms with Crippen LogP contribution in [0.5, 0.6) is 11.5 Å². The second-order valence-electron chi connectivity index (χ2n) is 5.82. The van der Waals surface area contributed by atoms with E-state index < -0.39 is 5.97 Å². The van der Waals surface area contributed by atoms with Crippen molar-refractivity contribution in [2.75, 3.05) is 20.3 Å². The number of amides is 1. The van der Waals surface area contributed by atoms with E-state index in [2.05, 4.69) is 10.3 Å². The Morgan fingerprint density at radius 1 is 1.21 bits per heavy atom. The number of carbonyl (C=O) groups is 2. The molecule has 3 N–H and O–H groups in total. The average molecular weight is 414 g/mol. The number of nitrogens with one attached hydrogen (secondary N) is 1. The molecule has 0 saturated carbocycles. The lowest BCUT2D eigenvalue weighted by atomic mass is 10.2. The smallest absolute Gasteiger partial charge is 0.335 e. The number of carboxylic acid groups (broad SMARTS) is 1. The van der Waals surface area contributed by atoms with Crippen LogP contribution in [0.1, 0.15) is 15.9 Å². The van der Waals surface area contributed by atoms with E-state index in [0.29, 0.717) is 27.3 Å². The third kappa shape index (κ3) is 5.15. The molecule has 0 aliphatic carbocycles. The summed E-state index contributed by atoms with van der Waals surface area (Å²) in [6.07, 6.45) is 1.70. The van der Waals surface area contributed by atoms with Gasteiger partial charge in [-0.3, -0.25) is 4.79 Å². The third-order valence-electron chi connectivity index (χ3n) is 3.83. The number of ether oxygens (including phenoxy) is 2. The number of aromatic carboxylic acids is 1. The van der Waals surface area contributed by atoms with Crippen LogP contribution >= 0.6 is 11.8 Å². The summed E-state index contributed by atoms with van der Waals surface area (Å²) in [6, 6.07) is 11.3. The van der Waals surface area contributed by atoms with Crippen LogP contribution in [0.4, 0.5) is 5.69 Å². The Balaban J connectivity index is 1.77. The minimum absolute atomic E-state index is 0.104. The predicted octanol–water partition coefficient (Wildman–Crippen LogP) is 2.66. The molecule has 2 aromatic carbocycles. The van der Waals surface area contributed by atoms with Crippen LogP contribution in [-0.4, -0.2) is 47.6 Å². The van der Waals surface area contributed by atoms with Crippen molar-refractivity contribution in [2.45, 2.75) is 0 Å². The highest BCUT2D eigenvalue weighted by atomic mass is 32.2. The van der Waals surface area contributed by atoms with Crippen LogP contribution < -0.4 is 14.8 Å². The molecule has 0 radical (unpaired) electrons. The molecule has 0 spiro atoms. The van der Waals surface area contributed by atoms with Gasteiger partial charge in [0.15, 0.2) is 16.7 Å². The van der Waals surface area contributed by atoms with Crippen molar-refractivity contribution < 1.29 is 29.3 Å². The Morgan fingerprint density at radius 2 is 1.97 bits per heavy atom. The SMILES string of the molecule is COc1cc(C=C2SC(=Nc3ccc(C(=O)O)cc3)NC2=O)ccc1OCCO. The summed E-state index contributed by atoms with van der Waals surface area (Å²) >= 11 is 1.18. The van der Waals surface area contributed by atoms with E-state index in [9.17, 15) is 9.59 Å². The van der Waals surface area contributed by atoms with Crippen molar-refractivity contribution in [2.24, 2.45) is 4.99 Å². The van der Waals surface area contributed by atoms with E-state index in [1.54, 1.807) is 36.4 Å². The molecular formula is C20H18N2O6S. The zero-order valence-electron chi connectivity index (χ0n) is 15.4. The van der Waals surface area contributed by atoms with Gasteiger partial charge in [0.1, 0.15) is 6.61 Å². The van der Waals surface area contributed by atoms with E-state index in [4.69, 9.17) is 19.7 Å². The minimum atomic E-state index is -1.01. The van der Waals surface area contributed by atoms with Crippen molar-refractivity contribution in [3.05, 3.63) is 58.5 Å². The lowest BCUT2D eigenvalue weighted by molar-refractivity contribution is -0.115. The molecule has 8 nitrogen and oxygen atoms in total. The summed E-state index contributed by atoms with van der Waals surface area (Å²) in [5.41, 5.74) is 1.44. The highest BCUT2D eigenvalue weighted by molar-refractivity contribution is 8.18. The van der Waals surface area contributed by atoms with E-state index in [-0.39, 0.29) is 24.7 Å². The molecule has 0 atom stereocenters. The Kier molecular flexibility index (Phi) is 6.53. The van der Waals surface area contributed by atoms with Crippen LogP contribution in [-0.2, 0) is 4.79 Å². The second-order valence-corrected chi connectivity index (χ2v) is 6.85. The van der Waals surface area contributed by atoms with Gasteiger partial charge >= 0.3 is 5.97 Å². The normalized spacial score (nSPS) is 16.1. The molecule has 1 aliphatic heterocycles. The fourth-order valence-corrected chi connectivity index (χ4v) is 3.32. The average Bonchev–Trinajstić information content (AvgIpc) is 3.05. The molecule has 1 saturated heterocycles. The minimum Gasteiger partial charge on any atom is -0.493 e. The van der Waals surface area contributed by atoms with E-state index >= 15 is 0 Å². The number of benzene rings is 2. The zero-order chi connectivity index (χ0) is 20.8. The standard InChI is InChI=1S/C20H18N2O6S/c1-27-16-10-12(2-7-15(16)28-9-8-23)11-17-18(24)22-20(29-17)21-14-5-3-13(4-6-14)19(25)26/h2-7,10-11,23H,8-9H2,1H3,(H,25,26)(H,21,22,24). The van der Waals surface area contributed by atoms with E-state index in [1.165, 1.54) is 31.0 Å². The molecule has 150 valence electrons. The first-order chi connectivity index (χ1) is 14.0. The number of aliphatic hydroxyl groups is 1. The first-order valence-corrected chi connectivity index (χ1v) is 9.36. The summed E-state index contributed by atoms with van der Waals surface area (Å²) in [7, 11) is 1.51. The maximum absolute atomic E-state index is 12.2. The molecule has 29 heavy (non-hydrogen) atoms. The van der Waals surface area contributed by atoms with Gasteiger partial charge in [0.25, 0.3) is 5.91 Å². The Hall–Kier alpha value is -3.30. The predicted molar refractivity (Wildman–Crippen MR) is 110 cm³/mol. The lowest BCUT2D eigenvalue weighted by Gasteiger charge is -2.10. The summed E-state index contributed by atoms with van der Waals surface area (Å²) in [4.78, 5) is 27.9. The summed E-state index contributed by atoms with van der Waals surface area (Å²) in [6.45, 7) is 0.0508. The van der Waals surface area contributed by atoms with Crippen LogP contribution in [0.25, 0.3) is 6.08 Å². The maximum atomic E-state index is 12.2. The molecule has 0 aromatic heterocycles. The second kappa shape index (κ2) is 9.26. The molecule has 3 rings (SSSR count). The molecule has 0 bridgehead atoms. The van der Waals surface area contributed by atoms with Gasteiger partial charge in [0, 0.05) is 0 Å². The van der Waals surface area contributed by atoms with Gasteiger partial charge in [0.05, 0.1) is 29.9 Å². The number of amidine groups is 1. The summed E-state index contributed by atoms with van der Waals surface area (Å²) in [5, 5.41) is 20.9. The molecule has 1 heterocycles. The number of rotatable bonds is 7. The zero-order valence-corrected chi connectivity index (χ0v) is 16.2. The molecule has 9 heteroatoms. The number of carbonyl (C=O) groups excluding carboxylic acids is 1. The number of hydrogen-bond acceptors (Lipinski definition) is 7. The fraction of sp³-hybridized carbons (Fsp3) is 0.150. The van der Waals surface area contributed by atoms with Crippen LogP contribution in [0.15, 0.2) is 52.4 Å². The molecule has 1 aliphatic rings. The Labute approximate surface area is 170 Å². The third-order valence-corrected chi connectivity index (χ3v) is 4.74. The van der Waals surface area contributed by atoms with Gasteiger partial charge in [-0.25, -0.2) is 9.79 Å². The first kappa shape index (κ1) is 20.4. The quantitative estimate of drug-likeness (QED) is 0.596. The van der Waals surface area contributed by atoms with E-state index in [0.717, 1.165) is 5.56 Å². The number of aliphatic imine (C=N–C) groups is 1. The van der Waals surface area contributed by atoms with Crippen molar-refractivity contribution in [1.29, 1.82) is 0 Å². The maximum Gasteiger partial charge on any atom is 0.335 e. The van der Waals surface area contributed by atoms with Gasteiger partial charge in [-0.15, -0.1) is 0 Å². The van der Waals surface area contributed by atoms with Crippen LogP contribution in [0, 0.1) is 0 Å². The van der Waals surface area contributed by atoms with Crippen LogP contribution in [0.3, 0.4) is 0 Å². The Bertz CT molecular complexity index is 985. The fourth-order valence-electron chi connectivity index (χ4n) is 2.48.